The lowest BCUT2D eigenvalue weighted by Crippen LogP contribution is -2.38. The van der Waals surface area contributed by atoms with Gasteiger partial charge in [-0.2, -0.15) is 0 Å². The van der Waals surface area contributed by atoms with Crippen LogP contribution in [0.2, 0.25) is 0 Å². The lowest BCUT2D eigenvalue weighted by molar-refractivity contribution is -0.140. The lowest BCUT2D eigenvalue weighted by atomic mass is 9.94. The minimum absolute atomic E-state index is 0.0291. The fourth-order valence-corrected chi connectivity index (χ4v) is 4.64. The van der Waals surface area contributed by atoms with Gasteiger partial charge in [-0.3, -0.25) is 9.59 Å². The van der Waals surface area contributed by atoms with Gasteiger partial charge < -0.3 is 19.6 Å². The number of carbonyl (C=O) groups excluding carboxylic acids is 2. The number of halogens is 1. The summed E-state index contributed by atoms with van der Waals surface area (Å²) in [5.41, 5.74) is 1.44. The van der Waals surface area contributed by atoms with Crippen LogP contribution in [0.1, 0.15) is 43.5 Å². The van der Waals surface area contributed by atoms with Crippen molar-refractivity contribution in [2.45, 2.75) is 39.3 Å². The Morgan fingerprint density at radius 2 is 1.91 bits per heavy atom. The first-order valence-electron chi connectivity index (χ1n) is 11.4. The predicted molar refractivity (Wildman–Crippen MR) is 123 cm³/mol. The number of likely N-dealkylation sites (tertiary alicyclic amines) is 1. The standard InChI is InChI=1S/C26H29FN2O4/c1-4-28(5-2)12-13-29-23(19-8-6-7-9-20(19)27)22(25(31)26(29)32)24(30)17-10-11-21-18(15-17)14-16(3)33-21/h6-11,15-16,23,30H,4-5,12-14H2,1-3H3/t16-,23-/m0/s1. The smallest absolute Gasteiger partial charge is 0.295 e. The Bertz CT molecular complexity index is 1110. The number of hydrogen-bond donors (Lipinski definition) is 1. The number of ether oxygens (including phenoxy) is 1. The maximum atomic E-state index is 14.9. The second-order valence-corrected chi connectivity index (χ2v) is 8.50. The summed E-state index contributed by atoms with van der Waals surface area (Å²) >= 11 is 0. The number of Topliss-reactive ketones (excluding diaryl/α,β-unsaturated/α-hetero) is 1. The maximum Gasteiger partial charge on any atom is 0.295 e. The quantitative estimate of drug-likeness (QED) is 0.392. The van der Waals surface area contributed by atoms with Gasteiger partial charge in [0.25, 0.3) is 11.7 Å². The maximum absolute atomic E-state index is 14.9. The zero-order valence-electron chi connectivity index (χ0n) is 19.2. The van der Waals surface area contributed by atoms with Crippen molar-refractivity contribution in [3.05, 3.63) is 70.5 Å². The monoisotopic (exact) mass is 452 g/mol. The molecule has 0 spiro atoms. The molecular weight excluding hydrogens is 423 g/mol. The topological polar surface area (TPSA) is 70.1 Å². The molecule has 0 radical (unpaired) electrons. The summed E-state index contributed by atoms with van der Waals surface area (Å²) in [5, 5.41) is 11.2. The van der Waals surface area contributed by atoms with E-state index in [2.05, 4.69) is 4.90 Å². The fraction of sp³-hybridized carbons (Fsp3) is 0.385. The highest BCUT2D eigenvalue weighted by Gasteiger charge is 2.46. The van der Waals surface area contributed by atoms with Gasteiger partial charge in [0, 0.05) is 30.6 Å². The summed E-state index contributed by atoms with van der Waals surface area (Å²) in [5.74, 6) is -1.61. The Morgan fingerprint density at radius 3 is 2.61 bits per heavy atom. The van der Waals surface area contributed by atoms with Gasteiger partial charge in [0.15, 0.2) is 0 Å². The van der Waals surface area contributed by atoms with E-state index in [4.69, 9.17) is 4.74 Å². The van der Waals surface area contributed by atoms with Crippen LogP contribution in [0.3, 0.4) is 0 Å². The van der Waals surface area contributed by atoms with Crippen LogP contribution in [0.5, 0.6) is 5.75 Å². The number of aliphatic hydroxyl groups excluding tert-OH is 1. The Labute approximate surface area is 193 Å². The number of aliphatic hydroxyl groups is 1. The molecule has 1 amide bonds. The molecule has 1 saturated heterocycles. The van der Waals surface area contributed by atoms with E-state index in [-0.39, 0.29) is 29.5 Å². The van der Waals surface area contributed by atoms with Crippen molar-refractivity contribution in [2.75, 3.05) is 26.2 Å². The molecule has 2 atom stereocenters. The first kappa shape index (κ1) is 23.0. The van der Waals surface area contributed by atoms with E-state index in [0.29, 0.717) is 18.5 Å². The zero-order chi connectivity index (χ0) is 23.7. The van der Waals surface area contributed by atoms with Crippen molar-refractivity contribution in [3.8, 4) is 5.75 Å². The molecule has 2 aromatic carbocycles. The number of hydrogen-bond acceptors (Lipinski definition) is 5. The summed E-state index contributed by atoms with van der Waals surface area (Å²) in [6.07, 6.45) is 0.715. The predicted octanol–water partition coefficient (Wildman–Crippen LogP) is 3.91. The van der Waals surface area contributed by atoms with Gasteiger partial charge in [0.2, 0.25) is 0 Å². The first-order valence-corrected chi connectivity index (χ1v) is 11.4. The van der Waals surface area contributed by atoms with Gasteiger partial charge in [-0.25, -0.2) is 4.39 Å². The molecule has 1 fully saturated rings. The van der Waals surface area contributed by atoms with E-state index in [0.717, 1.165) is 24.4 Å². The second kappa shape index (κ2) is 9.35. The average Bonchev–Trinajstić information content (AvgIpc) is 3.30. The third-order valence-corrected chi connectivity index (χ3v) is 6.46. The Hall–Kier alpha value is -3.19. The van der Waals surface area contributed by atoms with Crippen LogP contribution in [0.4, 0.5) is 4.39 Å². The molecule has 4 rings (SSSR count). The molecule has 1 N–H and O–H groups in total. The Balaban J connectivity index is 1.80. The van der Waals surface area contributed by atoms with Crippen LogP contribution in [-0.4, -0.2) is 58.9 Å². The minimum Gasteiger partial charge on any atom is -0.507 e. The number of rotatable bonds is 7. The van der Waals surface area contributed by atoms with Gasteiger partial charge in [-0.05, 0) is 49.8 Å². The van der Waals surface area contributed by atoms with Crippen molar-refractivity contribution in [2.24, 2.45) is 0 Å². The SMILES string of the molecule is CCN(CC)CCN1C(=O)C(=O)C(=C(O)c2ccc3c(c2)C[C@H](C)O3)[C@@H]1c1ccccc1F. The Kier molecular flexibility index (Phi) is 6.51. The molecule has 174 valence electrons. The highest BCUT2D eigenvalue weighted by atomic mass is 19.1. The van der Waals surface area contributed by atoms with Gasteiger partial charge in [-0.15, -0.1) is 0 Å². The normalized spacial score (nSPS) is 21.5. The summed E-state index contributed by atoms with van der Waals surface area (Å²) in [7, 11) is 0. The van der Waals surface area contributed by atoms with Crippen molar-refractivity contribution < 1.29 is 23.8 Å². The highest BCUT2D eigenvalue weighted by molar-refractivity contribution is 6.46. The molecular formula is C26H29FN2O4. The van der Waals surface area contributed by atoms with Crippen LogP contribution < -0.4 is 4.74 Å². The molecule has 0 saturated carbocycles. The minimum atomic E-state index is -0.995. The zero-order valence-corrected chi connectivity index (χ0v) is 19.2. The number of nitrogens with zero attached hydrogens (tertiary/aromatic N) is 2. The largest absolute Gasteiger partial charge is 0.507 e. The summed E-state index contributed by atoms with van der Waals surface area (Å²) in [6, 6.07) is 10.3. The van der Waals surface area contributed by atoms with Gasteiger partial charge in [0.1, 0.15) is 23.4 Å². The van der Waals surface area contributed by atoms with E-state index in [9.17, 15) is 19.1 Å². The fourth-order valence-electron chi connectivity index (χ4n) is 4.64. The average molecular weight is 453 g/mol. The van der Waals surface area contributed by atoms with Gasteiger partial charge >= 0.3 is 0 Å². The van der Waals surface area contributed by atoms with E-state index in [1.54, 1.807) is 36.4 Å². The van der Waals surface area contributed by atoms with Gasteiger partial charge in [-0.1, -0.05) is 32.0 Å². The molecule has 0 aliphatic carbocycles. The van der Waals surface area contributed by atoms with Crippen LogP contribution >= 0.6 is 0 Å². The van der Waals surface area contributed by atoms with Crippen molar-refractivity contribution in [1.82, 2.24) is 9.80 Å². The lowest BCUT2D eigenvalue weighted by Gasteiger charge is -2.28. The molecule has 7 heteroatoms. The van der Waals surface area contributed by atoms with E-state index >= 15 is 0 Å². The number of likely N-dealkylation sites (N-methyl/N-ethyl adjacent to an activating group) is 1. The van der Waals surface area contributed by atoms with Crippen molar-refractivity contribution in [3.63, 3.8) is 0 Å². The molecule has 2 aliphatic heterocycles. The Morgan fingerprint density at radius 1 is 1.18 bits per heavy atom. The molecule has 6 nitrogen and oxygen atoms in total. The second-order valence-electron chi connectivity index (χ2n) is 8.50. The van der Waals surface area contributed by atoms with E-state index in [1.807, 2.05) is 20.8 Å². The molecule has 2 heterocycles. The van der Waals surface area contributed by atoms with Crippen LogP contribution in [0.25, 0.3) is 5.76 Å². The first-order chi connectivity index (χ1) is 15.8. The molecule has 0 unspecified atom stereocenters. The molecule has 0 aromatic heterocycles. The number of benzene rings is 2. The number of amides is 1. The molecule has 2 aliphatic rings. The summed E-state index contributed by atoms with van der Waals surface area (Å²) in [4.78, 5) is 29.7. The third-order valence-electron chi connectivity index (χ3n) is 6.46. The van der Waals surface area contributed by atoms with Crippen molar-refractivity contribution >= 4 is 17.4 Å². The van der Waals surface area contributed by atoms with Gasteiger partial charge in [0.05, 0.1) is 11.6 Å². The van der Waals surface area contributed by atoms with Crippen LogP contribution in [-0.2, 0) is 16.0 Å². The summed E-state index contributed by atoms with van der Waals surface area (Å²) in [6.45, 7) is 8.37. The number of fused-ring (bicyclic) bond motifs is 1. The molecule has 0 bridgehead atoms. The summed E-state index contributed by atoms with van der Waals surface area (Å²) < 4.78 is 20.6. The van der Waals surface area contributed by atoms with Crippen LogP contribution in [0.15, 0.2) is 48.0 Å². The number of ketones is 1. The van der Waals surface area contributed by atoms with E-state index in [1.165, 1.54) is 11.0 Å². The molecule has 33 heavy (non-hydrogen) atoms. The highest BCUT2D eigenvalue weighted by Crippen LogP contribution is 2.41. The van der Waals surface area contributed by atoms with Crippen LogP contribution in [0, 0.1) is 5.82 Å². The third kappa shape index (κ3) is 4.25. The number of carbonyl (C=O) groups is 2. The van der Waals surface area contributed by atoms with E-state index < -0.39 is 23.5 Å². The molecule has 2 aromatic rings. The van der Waals surface area contributed by atoms with Crippen molar-refractivity contribution in [1.29, 1.82) is 0 Å².